The maximum absolute atomic E-state index is 5.91. The predicted octanol–water partition coefficient (Wildman–Crippen LogP) is 4.48. The molecule has 1 heterocycles. The quantitative estimate of drug-likeness (QED) is 0.895. The third-order valence-electron chi connectivity index (χ3n) is 3.69. The minimum absolute atomic E-state index is 0.133. The van der Waals surface area contributed by atoms with E-state index in [1.165, 1.54) is 16.7 Å². The SMILES string of the molecule is Cc1ccc(NCC2OCCc3ccccc32)c(Br)c1. The zero-order valence-corrected chi connectivity index (χ0v) is 13.1. The molecule has 104 valence electrons. The van der Waals surface area contributed by atoms with Crippen LogP contribution in [-0.2, 0) is 11.2 Å². The first-order valence-corrected chi connectivity index (χ1v) is 7.73. The number of hydrogen-bond acceptors (Lipinski definition) is 2. The van der Waals surface area contributed by atoms with Crippen LogP contribution in [0.4, 0.5) is 5.69 Å². The zero-order chi connectivity index (χ0) is 13.9. The van der Waals surface area contributed by atoms with Crippen molar-refractivity contribution >= 4 is 21.6 Å². The molecule has 2 nitrogen and oxygen atoms in total. The number of aryl methyl sites for hydroxylation is 1. The van der Waals surface area contributed by atoms with Crippen molar-refractivity contribution in [3.8, 4) is 0 Å². The van der Waals surface area contributed by atoms with Gasteiger partial charge in [0.25, 0.3) is 0 Å². The van der Waals surface area contributed by atoms with Crippen LogP contribution in [0, 0.1) is 6.92 Å². The normalized spacial score (nSPS) is 17.6. The third-order valence-corrected chi connectivity index (χ3v) is 4.35. The van der Waals surface area contributed by atoms with Gasteiger partial charge in [0.05, 0.1) is 12.7 Å². The van der Waals surface area contributed by atoms with Crippen molar-refractivity contribution in [2.45, 2.75) is 19.4 Å². The lowest BCUT2D eigenvalue weighted by atomic mass is 9.97. The lowest BCUT2D eigenvalue weighted by Gasteiger charge is -2.26. The molecule has 0 aliphatic carbocycles. The molecule has 1 aliphatic rings. The molecule has 0 fully saturated rings. The molecule has 1 aliphatic heterocycles. The highest BCUT2D eigenvalue weighted by Gasteiger charge is 2.20. The lowest BCUT2D eigenvalue weighted by Crippen LogP contribution is -2.22. The lowest BCUT2D eigenvalue weighted by molar-refractivity contribution is 0.0513. The Bertz CT molecular complexity index is 612. The Morgan fingerprint density at radius 3 is 2.95 bits per heavy atom. The number of nitrogens with one attached hydrogen (secondary N) is 1. The van der Waals surface area contributed by atoms with E-state index in [-0.39, 0.29) is 6.10 Å². The van der Waals surface area contributed by atoms with Crippen LogP contribution in [0.2, 0.25) is 0 Å². The molecule has 2 aromatic rings. The van der Waals surface area contributed by atoms with Gasteiger partial charge in [-0.05, 0) is 58.1 Å². The van der Waals surface area contributed by atoms with Gasteiger partial charge in [0.2, 0.25) is 0 Å². The summed E-state index contributed by atoms with van der Waals surface area (Å²) in [6.45, 7) is 3.69. The molecule has 2 aromatic carbocycles. The largest absolute Gasteiger partial charge is 0.381 e. The van der Waals surface area contributed by atoms with E-state index in [1.807, 2.05) is 0 Å². The van der Waals surface area contributed by atoms with E-state index in [9.17, 15) is 0 Å². The van der Waals surface area contributed by atoms with Crippen molar-refractivity contribution in [1.29, 1.82) is 0 Å². The van der Waals surface area contributed by atoms with Crippen molar-refractivity contribution < 1.29 is 4.74 Å². The fraction of sp³-hybridized carbons (Fsp3) is 0.294. The summed E-state index contributed by atoms with van der Waals surface area (Å²) in [5.74, 6) is 0. The molecule has 20 heavy (non-hydrogen) atoms. The summed E-state index contributed by atoms with van der Waals surface area (Å²) in [6, 6.07) is 14.9. The molecule has 0 spiro atoms. The Balaban J connectivity index is 1.73. The molecular formula is C17H18BrNO. The van der Waals surface area contributed by atoms with Gasteiger partial charge in [-0.2, -0.15) is 0 Å². The van der Waals surface area contributed by atoms with Gasteiger partial charge in [0.15, 0.2) is 0 Å². The Morgan fingerprint density at radius 2 is 2.10 bits per heavy atom. The summed E-state index contributed by atoms with van der Waals surface area (Å²) in [5, 5.41) is 3.48. The number of fused-ring (bicyclic) bond motifs is 1. The van der Waals surface area contributed by atoms with Crippen LogP contribution < -0.4 is 5.32 Å². The minimum atomic E-state index is 0.133. The van der Waals surface area contributed by atoms with Gasteiger partial charge in [-0.15, -0.1) is 0 Å². The van der Waals surface area contributed by atoms with E-state index in [4.69, 9.17) is 4.74 Å². The highest BCUT2D eigenvalue weighted by molar-refractivity contribution is 9.10. The Morgan fingerprint density at radius 1 is 1.25 bits per heavy atom. The second-order valence-electron chi connectivity index (χ2n) is 5.17. The van der Waals surface area contributed by atoms with Gasteiger partial charge in [0, 0.05) is 16.7 Å². The fourth-order valence-electron chi connectivity index (χ4n) is 2.61. The summed E-state index contributed by atoms with van der Waals surface area (Å²) >= 11 is 3.60. The molecule has 1 unspecified atom stereocenters. The summed E-state index contributed by atoms with van der Waals surface area (Å²) in [7, 11) is 0. The van der Waals surface area contributed by atoms with Crippen LogP contribution in [0.5, 0.6) is 0 Å². The number of ether oxygens (including phenoxy) is 1. The number of anilines is 1. The van der Waals surface area contributed by atoms with E-state index in [0.717, 1.165) is 29.7 Å². The molecule has 0 amide bonds. The second kappa shape index (κ2) is 5.98. The van der Waals surface area contributed by atoms with E-state index in [1.54, 1.807) is 0 Å². The first kappa shape index (κ1) is 13.7. The van der Waals surface area contributed by atoms with Gasteiger partial charge in [-0.1, -0.05) is 30.3 Å². The average molecular weight is 332 g/mol. The zero-order valence-electron chi connectivity index (χ0n) is 11.5. The maximum Gasteiger partial charge on any atom is 0.0999 e. The molecule has 3 heteroatoms. The van der Waals surface area contributed by atoms with Crippen LogP contribution in [0.15, 0.2) is 46.9 Å². The van der Waals surface area contributed by atoms with Crippen molar-refractivity contribution in [3.05, 3.63) is 63.6 Å². The number of hydrogen-bond donors (Lipinski definition) is 1. The molecule has 1 N–H and O–H groups in total. The number of rotatable bonds is 3. The molecule has 0 bridgehead atoms. The number of benzene rings is 2. The summed E-state index contributed by atoms with van der Waals surface area (Å²) in [5.41, 5.74) is 5.09. The Hall–Kier alpha value is -1.32. The number of halogens is 1. The molecule has 0 saturated heterocycles. The Kier molecular flexibility index (Phi) is 4.08. The average Bonchev–Trinajstić information content (AvgIpc) is 2.46. The van der Waals surface area contributed by atoms with Crippen molar-refractivity contribution in [2.75, 3.05) is 18.5 Å². The minimum Gasteiger partial charge on any atom is -0.381 e. The van der Waals surface area contributed by atoms with Gasteiger partial charge < -0.3 is 10.1 Å². The van der Waals surface area contributed by atoms with Crippen LogP contribution in [0.25, 0.3) is 0 Å². The molecule has 1 atom stereocenters. The first-order chi connectivity index (χ1) is 9.74. The summed E-state index contributed by atoms with van der Waals surface area (Å²) in [4.78, 5) is 0. The van der Waals surface area contributed by atoms with Crippen molar-refractivity contribution in [3.63, 3.8) is 0 Å². The maximum atomic E-state index is 5.91. The molecule has 0 radical (unpaired) electrons. The van der Waals surface area contributed by atoms with Crippen molar-refractivity contribution in [2.24, 2.45) is 0 Å². The van der Waals surface area contributed by atoms with E-state index < -0.39 is 0 Å². The topological polar surface area (TPSA) is 21.3 Å². The third kappa shape index (κ3) is 2.89. The van der Waals surface area contributed by atoms with Crippen LogP contribution in [-0.4, -0.2) is 13.2 Å². The van der Waals surface area contributed by atoms with E-state index in [2.05, 4.69) is 70.6 Å². The monoisotopic (exact) mass is 331 g/mol. The summed E-state index contributed by atoms with van der Waals surface area (Å²) < 4.78 is 7.01. The highest BCUT2D eigenvalue weighted by Crippen LogP contribution is 2.29. The Labute approximate surface area is 128 Å². The van der Waals surface area contributed by atoms with Gasteiger partial charge in [-0.25, -0.2) is 0 Å². The smallest absolute Gasteiger partial charge is 0.0999 e. The van der Waals surface area contributed by atoms with E-state index >= 15 is 0 Å². The van der Waals surface area contributed by atoms with Gasteiger partial charge in [-0.3, -0.25) is 0 Å². The fourth-order valence-corrected chi connectivity index (χ4v) is 3.25. The highest BCUT2D eigenvalue weighted by atomic mass is 79.9. The van der Waals surface area contributed by atoms with Crippen LogP contribution >= 0.6 is 15.9 Å². The molecular weight excluding hydrogens is 314 g/mol. The van der Waals surface area contributed by atoms with Crippen molar-refractivity contribution in [1.82, 2.24) is 0 Å². The second-order valence-corrected chi connectivity index (χ2v) is 6.03. The first-order valence-electron chi connectivity index (χ1n) is 6.93. The van der Waals surface area contributed by atoms with Gasteiger partial charge in [0.1, 0.15) is 0 Å². The summed E-state index contributed by atoms with van der Waals surface area (Å²) in [6.07, 6.45) is 1.15. The van der Waals surface area contributed by atoms with E-state index in [0.29, 0.717) is 0 Å². The predicted molar refractivity (Wildman–Crippen MR) is 86.2 cm³/mol. The molecule has 0 saturated carbocycles. The van der Waals surface area contributed by atoms with Gasteiger partial charge >= 0.3 is 0 Å². The van der Waals surface area contributed by atoms with Crippen LogP contribution in [0.3, 0.4) is 0 Å². The van der Waals surface area contributed by atoms with Crippen LogP contribution in [0.1, 0.15) is 22.8 Å². The standard InChI is InChI=1S/C17H18BrNO/c1-12-6-7-16(15(18)10-12)19-11-17-14-5-3-2-4-13(14)8-9-20-17/h2-7,10,17,19H,8-9,11H2,1H3. The molecule has 0 aromatic heterocycles. The molecule has 3 rings (SSSR count).